The first-order valence-corrected chi connectivity index (χ1v) is 9.30. The second-order valence-electron chi connectivity index (χ2n) is 5.02. The third-order valence-corrected chi connectivity index (χ3v) is 5.06. The maximum Gasteiger partial charge on any atom is 0.399 e. The first-order chi connectivity index (χ1) is 11.3. The SMILES string of the molecule is COS(=O)(=O)OC.Cc1ccc(-c2ccc3sc(C)nc3c2)cc1. The van der Waals surface area contributed by atoms with Crippen molar-refractivity contribution >= 4 is 32.0 Å². The topological polar surface area (TPSA) is 65.5 Å². The molecule has 0 spiro atoms. The highest BCUT2D eigenvalue weighted by Gasteiger charge is 2.03. The molecule has 0 N–H and O–H groups in total. The van der Waals surface area contributed by atoms with E-state index in [1.54, 1.807) is 11.3 Å². The molecule has 3 aromatic rings. The molecule has 5 nitrogen and oxygen atoms in total. The van der Waals surface area contributed by atoms with Gasteiger partial charge < -0.3 is 0 Å². The average Bonchev–Trinajstić information content (AvgIpc) is 2.95. The standard InChI is InChI=1S/C15H13NS.C2H6O4S/c1-10-3-5-12(6-4-10)13-7-8-15-14(9-13)16-11(2)17-15;1-5-7(3,4)6-2/h3-9H,1-2H3;1-2H3. The number of aromatic nitrogens is 1. The Labute approximate surface area is 146 Å². The molecule has 0 radical (unpaired) electrons. The maximum absolute atomic E-state index is 9.92. The molecule has 0 saturated carbocycles. The third-order valence-electron chi connectivity index (χ3n) is 3.29. The van der Waals surface area contributed by atoms with E-state index in [1.807, 2.05) is 0 Å². The van der Waals surface area contributed by atoms with Crippen molar-refractivity contribution in [1.29, 1.82) is 0 Å². The minimum atomic E-state index is -3.66. The van der Waals surface area contributed by atoms with Crippen LogP contribution in [0.4, 0.5) is 0 Å². The van der Waals surface area contributed by atoms with E-state index in [0.29, 0.717) is 0 Å². The van der Waals surface area contributed by atoms with E-state index >= 15 is 0 Å². The Morgan fingerprint density at radius 1 is 0.917 bits per heavy atom. The fourth-order valence-electron chi connectivity index (χ4n) is 2.04. The molecular formula is C17H19NO4S2. The van der Waals surface area contributed by atoms with Crippen molar-refractivity contribution in [2.45, 2.75) is 13.8 Å². The second-order valence-corrected chi connectivity index (χ2v) is 7.74. The van der Waals surface area contributed by atoms with Crippen LogP contribution in [-0.4, -0.2) is 27.6 Å². The molecule has 1 heterocycles. The van der Waals surface area contributed by atoms with Crippen molar-refractivity contribution < 1.29 is 16.8 Å². The van der Waals surface area contributed by atoms with E-state index in [9.17, 15) is 8.42 Å². The van der Waals surface area contributed by atoms with Gasteiger partial charge in [-0.25, -0.2) is 4.98 Å². The zero-order valence-corrected chi connectivity index (χ0v) is 15.6. The van der Waals surface area contributed by atoms with E-state index in [2.05, 4.69) is 69.7 Å². The Morgan fingerprint density at radius 3 is 2.04 bits per heavy atom. The van der Waals surface area contributed by atoms with E-state index in [1.165, 1.54) is 21.4 Å². The Balaban J connectivity index is 0.000000256. The van der Waals surface area contributed by atoms with Gasteiger partial charge >= 0.3 is 10.4 Å². The summed E-state index contributed by atoms with van der Waals surface area (Å²) in [5, 5.41) is 1.13. The number of aryl methyl sites for hydroxylation is 2. The van der Waals surface area contributed by atoms with Crippen LogP contribution < -0.4 is 0 Å². The number of hydrogen-bond donors (Lipinski definition) is 0. The molecule has 0 aliphatic rings. The molecule has 7 heteroatoms. The largest absolute Gasteiger partial charge is 0.399 e. The summed E-state index contributed by atoms with van der Waals surface area (Å²) < 4.78 is 28.8. The molecule has 0 aliphatic carbocycles. The van der Waals surface area contributed by atoms with Gasteiger partial charge in [0.15, 0.2) is 0 Å². The van der Waals surface area contributed by atoms with Crippen molar-refractivity contribution in [1.82, 2.24) is 4.98 Å². The minimum Gasteiger partial charge on any atom is -0.252 e. The highest BCUT2D eigenvalue weighted by atomic mass is 32.3. The summed E-state index contributed by atoms with van der Waals surface area (Å²) in [7, 11) is -1.60. The first-order valence-electron chi connectivity index (χ1n) is 7.15. The Hall–Kier alpha value is -1.80. The molecule has 0 unspecified atom stereocenters. The van der Waals surface area contributed by atoms with E-state index in [0.717, 1.165) is 24.7 Å². The van der Waals surface area contributed by atoms with Crippen molar-refractivity contribution in [3.8, 4) is 11.1 Å². The minimum absolute atomic E-state index is 1.03. The summed E-state index contributed by atoms with van der Waals surface area (Å²) in [6.07, 6.45) is 0. The first kappa shape index (κ1) is 18.5. The van der Waals surface area contributed by atoms with Gasteiger partial charge in [-0.3, -0.25) is 8.37 Å². The molecule has 0 aliphatic heterocycles. The van der Waals surface area contributed by atoms with E-state index < -0.39 is 10.4 Å². The number of rotatable bonds is 3. The van der Waals surface area contributed by atoms with Gasteiger partial charge in [-0.1, -0.05) is 35.9 Å². The number of hydrogen-bond acceptors (Lipinski definition) is 6. The lowest BCUT2D eigenvalue weighted by atomic mass is 10.0. The lowest BCUT2D eigenvalue weighted by Crippen LogP contribution is -2.02. The second kappa shape index (κ2) is 7.85. The molecule has 0 saturated heterocycles. The van der Waals surface area contributed by atoms with Crippen molar-refractivity contribution in [2.24, 2.45) is 0 Å². The number of thiazole rings is 1. The highest BCUT2D eigenvalue weighted by molar-refractivity contribution is 7.81. The lowest BCUT2D eigenvalue weighted by Gasteiger charge is -2.01. The fourth-order valence-corrected chi connectivity index (χ4v) is 2.98. The summed E-state index contributed by atoms with van der Waals surface area (Å²) in [4.78, 5) is 4.54. The van der Waals surface area contributed by atoms with E-state index in [-0.39, 0.29) is 0 Å². The predicted octanol–water partition coefficient (Wildman–Crippen LogP) is 4.10. The van der Waals surface area contributed by atoms with Crippen LogP contribution in [0.25, 0.3) is 21.3 Å². The van der Waals surface area contributed by atoms with Crippen LogP contribution in [0.15, 0.2) is 42.5 Å². The molecule has 0 atom stereocenters. The Morgan fingerprint density at radius 2 is 1.50 bits per heavy atom. The highest BCUT2D eigenvalue weighted by Crippen LogP contribution is 2.27. The van der Waals surface area contributed by atoms with Crippen LogP contribution in [0.3, 0.4) is 0 Å². The summed E-state index contributed by atoms with van der Waals surface area (Å²) in [5.41, 5.74) is 4.89. The van der Waals surface area contributed by atoms with Gasteiger partial charge in [0, 0.05) is 0 Å². The van der Waals surface area contributed by atoms with Gasteiger partial charge in [0.1, 0.15) is 0 Å². The van der Waals surface area contributed by atoms with Crippen molar-refractivity contribution in [3.63, 3.8) is 0 Å². The zero-order valence-electron chi connectivity index (χ0n) is 13.9. The molecule has 1 aromatic heterocycles. The van der Waals surface area contributed by atoms with Gasteiger partial charge in [0.05, 0.1) is 29.4 Å². The molecular weight excluding hydrogens is 346 g/mol. The van der Waals surface area contributed by atoms with Crippen LogP contribution in [0.5, 0.6) is 0 Å². The van der Waals surface area contributed by atoms with Crippen molar-refractivity contribution in [2.75, 3.05) is 14.2 Å². The van der Waals surface area contributed by atoms with E-state index in [4.69, 9.17) is 0 Å². The monoisotopic (exact) mass is 365 g/mol. The van der Waals surface area contributed by atoms with Gasteiger partial charge in [-0.15, -0.1) is 11.3 Å². The molecule has 0 fully saturated rings. The number of nitrogens with zero attached hydrogens (tertiary/aromatic N) is 1. The average molecular weight is 365 g/mol. The van der Waals surface area contributed by atoms with Crippen LogP contribution in [0, 0.1) is 13.8 Å². The fraction of sp³-hybridized carbons (Fsp3) is 0.235. The smallest absolute Gasteiger partial charge is 0.252 e. The van der Waals surface area contributed by atoms with Crippen LogP contribution in [0.2, 0.25) is 0 Å². The van der Waals surface area contributed by atoms with Gasteiger partial charge in [-0.2, -0.15) is 8.42 Å². The van der Waals surface area contributed by atoms with Crippen LogP contribution >= 0.6 is 11.3 Å². The molecule has 3 rings (SSSR count). The van der Waals surface area contributed by atoms with Crippen molar-refractivity contribution in [3.05, 3.63) is 53.0 Å². The Kier molecular flexibility index (Phi) is 6.06. The molecule has 0 bridgehead atoms. The summed E-state index contributed by atoms with van der Waals surface area (Å²) in [6.45, 7) is 4.16. The number of benzene rings is 2. The zero-order chi connectivity index (χ0) is 17.7. The number of fused-ring (bicyclic) bond motifs is 1. The predicted molar refractivity (Wildman–Crippen MR) is 97.5 cm³/mol. The van der Waals surface area contributed by atoms with Crippen LogP contribution in [-0.2, 0) is 18.8 Å². The van der Waals surface area contributed by atoms with Gasteiger partial charge in [0.25, 0.3) is 0 Å². The maximum atomic E-state index is 9.92. The molecule has 128 valence electrons. The molecule has 0 amide bonds. The third kappa shape index (κ3) is 4.85. The summed E-state index contributed by atoms with van der Waals surface area (Å²) in [5.74, 6) is 0. The van der Waals surface area contributed by atoms with Crippen LogP contribution in [0.1, 0.15) is 10.6 Å². The van der Waals surface area contributed by atoms with Gasteiger partial charge in [0.2, 0.25) is 0 Å². The molecule has 24 heavy (non-hydrogen) atoms. The Bertz CT molecular complexity index is 905. The lowest BCUT2D eigenvalue weighted by molar-refractivity contribution is 0.286. The molecule has 2 aromatic carbocycles. The quantitative estimate of drug-likeness (QED) is 0.699. The van der Waals surface area contributed by atoms with Gasteiger partial charge in [-0.05, 0) is 37.1 Å². The summed E-state index contributed by atoms with van der Waals surface area (Å²) in [6, 6.07) is 15.1. The normalized spacial score (nSPS) is 11.2. The summed E-state index contributed by atoms with van der Waals surface area (Å²) >= 11 is 1.75.